The van der Waals surface area contributed by atoms with Crippen LogP contribution < -0.4 is 10.6 Å². The fourth-order valence-electron chi connectivity index (χ4n) is 5.64. The molecule has 1 heterocycles. The summed E-state index contributed by atoms with van der Waals surface area (Å²) in [6.45, 7) is 4.24. The smallest absolute Gasteiger partial charge is 0.352 e. The number of carboxylic acids is 1. The van der Waals surface area contributed by atoms with E-state index in [-0.39, 0.29) is 23.6 Å². The molecule has 1 saturated carbocycles. The monoisotopic (exact) mass is 509 g/mol. The average Bonchev–Trinajstić information content (AvgIpc) is 3.32. The van der Waals surface area contributed by atoms with Crippen LogP contribution in [0.5, 0.6) is 0 Å². The van der Waals surface area contributed by atoms with Crippen molar-refractivity contribution in [1.82, 2.24) is 4.57 Å². The van der Waals surface area contributed by atoms with Gasteiger partial charge in [-0.2, -0.15) is 0 Å². The van der Waals surface area contributed by atoms with Crippen LogP contribution >= 0.6 is 0 Å². The molecule has 6 nitrogen and oxygen atoms in total. The largest absolute Gasteiger partial charge is 0.477 e. The van der Waals surface area contributed by atoms with Crippen LogP contribution in [0.4, 0.5) is 11.4 Å². The first-order valence-corrected chi connectivity index (χ1v) is 13.5. The lowest BCUT2D eigenvalue weighted by Crippen LogP contribution is -2.39. The van der Waals surface area contributed by atoms with E-state index in [4.69, 9.17) is 0 Å². The lowest BCUT2D eigenvalue weighted by molar-refractivity contribution is -0.115. The van der Waals surface area contributed by atoms with Crippen LogP contribution in [0.1, 0.15) is 67.1 Å². The molecule has 38 heavy (non-hydrogen) atoms. The standard InChI is InChI=1S/C32H35N3O3/c1-3-32(17-7-4-8-18-32)34-26-16-15-25(35-28-10-6-5-9-24(28)20-29(35)31(37)38)21-27(26)33-30(36)19-23-13-11-22(2)12-14-23/h5-6,9-16,20-21,34H,3-4,7-8,17-19H2,1-2H3,(H,33,36)(H,37,38). The Morgan fingerprint density at radius 3 is 2.37 bits per heavy atom. The maximum atomic E-state index is 13.2. The third-order valence-electron chi connectivity index (χ3n) is 7.84. The molecule has 1 fully saturated rings. The Morgan fingerprint density at radius 2 is 1.66 bits per heavy atom. The summed E-state index contributed by atoms with van der Waals surface area (Å²) >= 11 is 0. The molecular weight excluding hydrogens is 474 g/mol. The zero-order chi connectivity index (χ0) is 26.7. The fraction of sp³-hybridized carbons (Fsp3) is 0.312. The zero-order valence-electron chi connectivity index (χ0n) is 22.1. The van der Waals surface area contributed by atoms with Gasteiger partial charge < -0.3 is 20.3 Å². The van der Waals surface area contributed by atoms with E-state index in [9.17, 15) is 14.7 Å². The predicted octanol–water partition coefficient (Wildman–Crippen LogP) is 7.34. The highest BCUT2D eigenvalue weighted by Gasteiger charge is 2.31. The van der Waals surface area contributed by atoms with Gasteiger partial charge in [-0.25, -0.2) is 4.79 Å². The van der Waals surface area contributed by atoms with Crippen molar-refractivity contribution in [2.45, 2.75) is 64.3 Å². The van der Waals surface area contributed by atoms with E-state index in [0.717, 1.165) is 47.0 Å². The number of benzene rings is 3. The SMILES string of the molecule is CCC1(Nc2ccc(-n3c(C(=O)O)cc4ccccc43)cc2NC(=O)Cc2ccc(C)cc2)CCCCC1. The van der Waals surface area contributed by atoms with Crippen LogP contribution in [0.3, 0.4) is 0 Å². The number of rotatable bonds is 8. The summed E-state index contributed by atoms with van der Waals surface area (Å²) in [7, 11) is 0. The van der Waals surface area contributed by atoms with Crippen molar-refractivity contribution in [2.75, 3.05) is 10.6 Å². The summed E-state index contributed by atoms with van der Waals surface area (Å²) in [6.07, 6.45) is 7.06. The second-order valence-electron chi connectivity index (χ2n) is 10.5. The lowest BCUT2D eigenvalue weighted by Gasteiger charge is -2.39. The molecule has 196 valence electrons. The maximum absolute atomic E-state index is 13.2. The van der Waals surface area contributed by atoms with Crippen molar-refractivity contribution >= 4 is 34.2 Å². The van der Waals surface area contributed by atoms with Gasteiger partial charge in [-0.1, -0.05) is 74.2 Å². The minimum Gasteiger partial charge on any atom is -0.477 e. The van der Waals surface area contributed by atoms with Crippen molar-refractivity contribution in [3.63, 3.8) is 0 Å². The molecule has 0 atom stereocenters. The number of para-hydroxylation sites is 1. The van der Waals surface area contributed by atoms with Gasteiger partial charge >= 0.3 is 5.97 Å². The van der Waals surface area contributed by atoms with Gasteiger partial charge in [0.05, 0.1) is 23.3 Å². The summed E-state index contributed by atoms with van der Waals surface area (Å²) in [6, 6.07) is 23.1. The van der Waals surface area contributed by atoms with Crippen LogP contribution in [-0.2, 0) is 11.2 Å². The fourth-order valence-corrected chi connectivity index (χ4v) is 5.64. The van der Waals surface area contributed by atoms with E-state index in [1.54, 1.807) is 10.6 Å². The lowest BCUT2D eigenvalue weighted by atomic mass is 9.79. The number of nitrogens with zero attached hydrogens (tertiary/aromatic N) is 1. The topological polar surface area (TPSA) is 83.4 Å². The number of carbonyl (C=O) groups is 2. The summed E-state index contributed by atoms with van der Waals surface area (Å²) in [5, 5.41) is 17.7. The first-order valence-electron chi connectivity index (χ1n) is 13.5. The number of hydrogen-bond donors (Lipinski definition) is 3. The highest BCUT2D eigenvalue weighted by atomic mass is 16.4. The van der Waals surface area contributed by atoms with E-state index in [1.165, 1.54) is 19.3 Å². The number of aromatic carboxylic acids is 1. The van der Waals surface area contributed by atoms with Crippen LogP contribution in [0.2, 0.25) is 0 Å². The van der Waals surface area contributed by atoms with E-state index in [1.807, 2.05) is 73.7 Å². The number of amides is 1. The molecular formula is C32H35N3O3. The molecule has 1 aliphatic rings. The quantitative estimate of drug-likeness (QED) is 0.232. The van der Waals surface area contributed by atoms with Gasteiger partial charge in [0, 0.05) is 16.6 Å². The molecule has 1 aromatic heterocycles. The van der Waals surface area contributed by atoms with Gasteiger partial charge in [0.25, 0.3) is 0 Å². The summed E-state index contributed by atoms with van der Waals surface area (Å²) in [5.41, 5.74) is 5.28. The van der Waals surface area contributed by atoms with E-state index in [2.05, 4.69) is 17.6 Å². The Labute approximate surface area is 223 Å². The molecule has 0 saturated heterocycles. The molecule has 4 aromatic rings. The number of aromatic nitrogens is 1. The normalized spacial score (nSPS) is 14.8. The number of nitrogens with one attached hydrogen (secondary N) is 2. The van der Waals surface area contributed by atoms with Gasteiger partial charge in [0.2, 0.25) is 5.91 Å². The van der Waals surface area contributed by atoms with Gasteiger partial charge in [0.1, 0.15) is 5.69 Å². The highest BCUT2D eigenvalue weighted by molar-refractivity contribution is 5.98. The summed E-state index contributed by atoms with van der Waals surface area (Å²) < 4.78 is 1.74. The number of aryl methyl sites for hydroxylation is 1. The Morgan fingerprint density at radius 1 is 0.921 bits per heavy atom. The van der Waals surface area contributed by atoms with Gasteiger partial charge in [-0.15, -0.1) is 0 Å². The third kappa shape index (κ3) is 5.30. The maximum Gasteiger partial charge on any atom is 0.352 e. The van der Waals surface area contributed by atoms with Crippen LogP contribution in [0.25, 0.3) is 16.6 Å². The van der Waals surface area contributed by atoms with Crippen molar-refractivity contribution in [3.8, 4) is 5.69 Å². The van der Waals surface area contributed by atoms with E-state index in [0.29, 0.717) is 11.4 Å². The van der Waals surface area contributed by atoms with Crippen molar-refractivity contribution in [1.29, 1.82) is 0 Å². The molecule has 0 bridgehead atoms. The van der Waals surface area contributed by atoms with Crippen molar-refractivity contribution in [2.24, 2.45) is 0 Å². The zero-order valence-corrected chi connectivity index (χ0v) is 22.1. The predicted molar refractivity (Wildman–Crippen MR) is 153 cm³/mol. The molecule has 0 aliphatic heterocycles. The molecule has 5 rings (SSSR count). The first-order chi connectivity index (χ1) is 18.4. The second kappa shape index (κ2) is 10.7. The molecule has 1 aliphatic carbocycles. The minimum atomic E-state index is -1.000. The Balaban J connectivity index is 1.55. The third-order valence-corrected chi connectivity index (χ3v) is 7.84. The summed E-state index contributed by atoms with van der Waals surface area (Å²) in [5.74, 6) is -1.11. The molecule has 0 spiro atoms. The van der Waals surface area contributed by atoms with Gasteiger partial charge in [-0.3, -0.25) is 4.79 Å². The number of hydrogen-bond acceptors (Lipinski definition) is 3. The molecule has 0 radical (unpaired) electrons. The number of carbonyl (C=O) groups excluding carboxylic acids is 1. The first kappa shape index (κ1) is 25.6. The molecule has 6 heteroatoms. The van der Waals surface area contributed by atoms with Gasteiger partial charge in [0.15, 0.2) is 0 Å². The number of anilines is 2. The van der Waals surface area contributed by atoms with E-state index >= 15 is 0 Å². The average molecular weight is 510 g/mol. The highest BCUT2D eigenvalue weighted by Crippen LogP contribution is 2.38. The van der Waals surface area contributed by atoms with E-state index < -0.39 is 5.97 Å². The minimum absolute atomic E-state index is 0.0113. The number of fused-ring (bicyclic) bond motifs is 1. The van der Waals surface area contributed by atoms with Crippen LogP contribution in [0.15, 0.2) is 72.8 Å². The molecule has 1 amide bonds. The van der Waals surface area contributed by atoms with Gasteiger partial charge in [-0.05, 0) is 62.1 Å². The molecule has 0 unspecified atom stereocenters. The Kier molecular flexibility index (Phi) is 7.23. The molecule has 3 N–H and O–H groups in total. The molecule has 3 aromatic carbocycles. The Bertz CT molecular complexity index is 1460. The Hall–Kier alpha value is -4.06. The van der Waals surface area contributed by atoms with Crippen LogP contribution in [0, 0.1) is 6.92 Å². The number of carboxylic acid groups (broad SMARTS) is 1. The van der Waals surface area contributed by atoms with Crippen LogP contribution in [-0.4, -0.2) is 27.1 Å². The van der Waals surface area contributed by atoms with Crippen molar-refractivity contribution < 1.29 is 14.7 Å². The van der Waals surface area contributed by atoms with Crippen molar-refractivity contribution in [3.05, 3.63) is 89.6 Å². The summed E-state index contributed by atoms with van der Waals surface area (Å²) in [4.78, 5) is 25.4. The second-order valence-corrected chi connectivity index (χ2v) is 10.5.